The molecule has 0 aromatic heterocycles. The van der Waals surface area contributed by atoms with Crippen molar-refractivity contribution in [1.82, 2.24) is 0 Å². The van der Waals surface area contributed by atoms with Gasteiger partial charge >= 0.3 is 5.97 Å². The number of para-hydroxylation sites is 1. The molecule has 0 fully saturated rings. The Morgan fingerprint density at radius 1 is 0.897 bits per heavy atom. The van der Waals surface area contributed by atoms with Crippen LogP contribution in [0.2, 0.25) is 0 Å². The number of nitrogens with one attached hydrogen (secondary N) is 1. The lowest BCUT2D eigenvalue weighted by molar-refractivity contribution is -0.123. The smallest absolute Gasteiger partial charge is 0.338 e. The highest BCUT2D eigenvalue weighted by molar-refractivity contribution is 5.97. The van der Waals surface area contributed by atoms with Gasteiger partial charge in [0, 0.05) is 0 Å². The van der Waals surface area contributed by atoms with Crippen LogP contribution in [0.15, 0.2) is 66.7 Å². The van der Waals surface area contributed by atoms with Crippen molar-refractivity contribution in [3.63, 3.8) is 0 Å². The van der Waals surface area contributed by atoms with E-state index in [-0.39, 0.29) is 11.3 Å². The number of hydrogen-bond donors (Lipinski definition) is 2. The third-order valence-electron chi connectivity index (χ3n) is 4.19. The molecule has 0 aliphatic rings. The molecule has 0 saturated heterocycles. The molecule has 3 rings (SSSR count). The molecule has 29 heavy (non-hydrogen) atoms. The maximum Gasteiger partial charge on any atom is 0.338 e. The predicted octanol–water partition coefficient (Wildman–Crippen LogP) is 4.52. The topological polar surface area (TPSA) is 75.6 Å². The SMILES string of the molecule is C[C@@H](OC(=O)c1ccc(-c2ccc(O)cc2)cc1)C(=O)Nc1c(F)cccc1F. The number of phenols is 1. The summed E-state index contributed by atoms with van der Waals surface area (Å²) in [7, 11) is 0. The first kappa shape index (κ1) is 20.0. The predicted molar refractivity (Wildman–Crippen MR) is 103 cm³/mol. The van der Waals surface area contributed by atoms with Crippen LogP contribution in [0.5, 0.6) is 5.75 Å². The van der Waals surface area contributed by atoms with Crippen LogP contribution in [0.4, 0.5) is 14.5 Å². The zero-order valence-electron chi connectivity index (χ0n) is 15.4. The van der Waals surface area contributed by atoms with Crippen LogP contribution < -0.4 is 5.32 Å². The number of esters is 1. The van der Waals surface area contributed by atoms with Crippen LogP contribution >= 0.6 is 0 Å². The lowest BCUT2D eigenvalue weighted by Crippen LogP contribution is -2.30. The van der Waals surface area contributed by atoms with E-state index in [0.717, 1.165) is 23.3 Å². The third-order valence-corrected chi connectivity index (χ3v) is 4.19. The van der Waals surface area contributed by atoms with Crippen LogP contribution in [-0.2, 0) is 9.53 Å². The maximum absolute atomic E-state index is 13.6. The number of carbonyl (C=O) groups excluding carboxylic acids is 2. The van der Waals surface area contributed by atoms with E-state index in [1.165, 1.54) is 25.1 Å². The molecule has 3 aromatic rings. The van der Waals surface area contributed by atoms with Gasteiger partial charge in [-0.2, -0.15) is 0 Å². The minimum Gasteiger partial charge on any atom is -0.508 e. The van der Waals surface area contributed by atoms with E-state index >= 15 is 0 Å². The molecule has 0 aliphatic carbocycles. The Balaban J connectivity index is 1.64. The fraction of sp³-hybridized carbons (Fsp3) is 0.0909. The zero-order valence-corrected chi connectivity index (χ0v) is 15.4. The number of aromatic hydroxyl groups is 1. The lowest BCUT2D eigenvalue weighted by Gasteiger charge is -2.14. The number of amides is 1. The van der Waals surface area contributed by atoms with Gasteiger partial charge in [0.25, 0.3) is 5.91 Å². The molecular weight excluding hydrogens is 380 g/mol. The molecular formula is C22H17F2NO4. The first-order valence-electron chi connectivity index (χ1n) is 8.70. The minimum atomic E-state index is -1.27. The standard InChI is InChI=1S/C22H17F2NO4/c1-13(21(27)25-20-18(23)3-2-4-19(20)24)29-22(28)16-7-5-14(6-8-16)15-9-11-17(26)12-10-15/h2-13,26H,1H3,(H,25,27)/t13-/m1/s1. The molecule has 148 valence electrons. The van der Waals surface area contributed by atoms with Crippen molar-refractivity contribution < 1.29 is 28.2 Å². The number of halogens is 2. The van der Waals surface area contributed by atoms with Crippen molar-refractivity contribution in [3.8, 4) is 16.9 Å². The number of carbonyl (C=O) groups is 2. The Morgan fingerprint density at radius 2 is 1.41 bits per heavy atom. The summed E-state index contributed by atoms with van der Waals surface area (Å²) in [6.07, 6.45) is -1.27. The van der Waals surface area contributed by atoms with Crippen molar-refractivity contribution in [2.24, 2.45) is 0 Å². The van der Waals surface area contributed by atoms with E-state index in [0.29, 0.717) is 0 Å². The minimum absolute atomic E-state index is 0.150. The molecule has 0 unspecified atom stereocenters. The van der Waals surface area contributed by atoms with Gasteiger partial charge in [0.1, 0.15) is 23.1 Å². The highest BCUT2D eigenvalue weighted by Gasteiger charge is 2.21. The van der Waals surface area contributed by atoms with Gasteiger partial charge in [0.05, 0.1) is 5.56 Å². The quantitative estimate of drug-likeness (QED) is 0.621. The fourth-order valence-electron chi connectivity index (χ4n) is 2.58. The van der Waals surface area contributed by atoms with Gasteiger partial charge in [0.2, 0.25) is 0 Å². The molecule has 0 spiro atoms. The highest BCUT2D eigenvalue weighted by atomic mass is 19.1. The molecule has 0 aliphatic heterocycles. The first-order chi connectivity index (χ1) is 13.8. The first-order valence-corrected chi connectivity index (χ1v) is 8.70. The van der Waals surface area contributed by atoms with Crippen LogP contribution in [0.25, 0.3) is 11.1 Å². The van der Waals surface area contributed by atoms with Crippen LogP contribution in [0, 0.1) is 11.6 Å². The number of benzene rings is 3. The number of phenolic OH excluding ortho intramolecular Hbond substituents is 1. The molecule has 0 radical (unpaired) electrons. The summed E-state index contributed by atoms with van der Waals surface area (Å²) < 4.78 is 32.3. The summed E-state index contributed by atoms with van der Waals surface area (Å²) in [6, 6.07) is 16.2. The number of hydrogen-bond acceptors (Lipinski definition) is 4. The largest absolute Gasteiger partial charge is 0.508 e. The molecule has 2 N–H and O–H groups in total. The lowest BCUT2D eigenvalue weighted by atomic mass is 10.0. The van der Waals surface area contributed by atoms with Crippen molar-refractivity contribution in [3.05, 3.63) is 83.9 Å². The Kier molecular flexibility index (Phi) is 5.87. The van der Waals surface area contributed by atoms with Gasteiger partial charge in [-0.25, -0.2) is 13.6 Å². The monoisotopic (exact) mass is 397 g/mol. The second-order valence-corrected chi connectivity index (χ2v) is 6.26. The van der Waals surface area contributed by atoms with Crippen molar-refractivity contribution in [1.29, 1.82) is 0 Å². The molecule has 1 atom stereocenters. The van der Waals surface area contributed by atoms with Crippen molar-refractivity contribution in [2.45, 2.75) is 13.0 Å². The van der Waals surface area contributed by atoms with Crippen LogP contribution in [0.3, 0.4) is 0 Å². The maximum atomic E-state index is 13.6. The molecule has 0 bridgehead atoms. The fourth-order valence-corrected chi connectivity index (χ4v) is 2.58. The molecule has 5 nitrogen and oxygen atoms in total. The summed E-state index contributed by atoms with van der Waals surface area (Å²) in [5.41, 5.74) is 1.28. The molecule has 1 amide bonds. The molecule has 3 aromatic carbocycles. The van der Waals surface area contributed by atoms with E-state index in [4.69, 9.17) is 4.74 Å². The third kappa shape index (κ3) is 4.76. The number of rotatable bonds is 5. The van der Waals surface area contributed by atoms with Crippen molar-refractivity contribution in [2.75, 3.05) is 5.32 Å². The number of ether oxygens (including phenoxy) is 1. The summed E-state index contributed by atoms with van der Waals surface area (Å²) in [5, 5.41) is 11.4. The van der Waals surface area contributed by atoms with Gasteiger partial charge in [-0.3, -0.25) is 4.79 Å². The van der Waals surface area contributed by atoms with Gasteiger partial charge in [-0.15, -0.1) is 0 Å². The normalized spacial score (nSPS) is 11.6. The van der Waals surface area contributed by atoms with Crippen LogP contribution in [0.1, 0.15) is 17.3 Å². The second-order valence-electron chi connectivity index (χ2n) is 6.26. The van der Waals surface area contributed by atoms with E-state index in [1.807, 2.05) is 0 Å². The van der Waals surface area contributed by atoms with E-state index in [1.54, 1.807) is 36.4 Å². The van der Waals surface area contributed by atoms with Crippen LogP contribution in [-0.4, -0.2) is 23.1 Å². The van der Waals surface area contributed by atoms with Gasteiger partial charge in [0.15, 0.2) is 6.10 Å². The Hall–Kier alpha value is -3.74. The Morgan fingerprint density at radius 3 is 1.97 bits per heavy atom. The molecule has 7 heteroatoms. The molecule has 0 saturated carbocycles. The van der Waals surface area contributed by atoms with Gasteiger partial charge in [-0.1, -0.05) is 30.3 Å². The Bertz CT molecular complexity index is 1010. The van der Waals surface area contributed by atoms with E-state index in [9.17, 15) is 23.5 Å². The number of anilines is 1. The summed E-state index contributed by atoms with van der Waals surface area (Å²) in [5.74, 6) is -3.32. The van der Waals surface area contributed by atoms with E-state index in [2.05, 4.69) is 5.32 Å². The summed E-state index contributed by atoms with van der Waals surface area (Å²) in [4.78, 5) is 24.4. The second kappa shape index (κ2) is 8.52. The van der Waals surface area contributed by atoms with E-state index < -0.39 is 35.3 Å². The summed E-state index contributed by atoms with van der Waals surface area (Å²) in [6.45, 7) is 1.30. The average molecular weight is 397 g/mol. The summed E-state index contributed by atoms with van der Waals surface area (Å²) >= 11 is 0. The van der Waals surface area contributed by atoms with Gasteiger partial charge in [-0.05, 0) is 54.4 Å². The molecule has 0 heterocycles. The van der Waals surface area contributed by atoms with Gasteiger partial charge < -0.3 is 15.2 Å². The Labute approximate surface area is 165 Å². The van der Waals surface area contributed by atoms with Crippen molar-refractivity contribution >= 4 is 17.6 Å². The zero-order chi connectivity index (χ0) is 21.0. The highest BCUT2D eigenvalue weighted by Crippen LogP contribution is 2.23. The average Bonchev–Trinajstić information content (AvgIpc) is 2.71.